The third-order valence-corrected chi connectivity index (χ3v) is 4.16. The zero-order chi connectivity index (χ0) is 17.5. The maximum Gasteiger partial charge on any atom is 0.221 e. The number of rotatable bonds is 4. The van der Waals surface area contributed by atoms with Crippen molar-refractivity contribution in [1.29, 1.82) is 0 Å². The summed E-state index contributed by atoms with van der Waals surface area (Å²) in [4.78, 5) is 18.4. The number of hydrogen-bond acceptors (Lipinski definition) is 2. The van der Waals surface area contributed by atoms with Gasteiger partial charge >= 0.3 is 0 Å². The summed E-state index contributed by atoms with van der Waals surface area (Å²) in [6.07, 6.45) is 1.29. The molecule has 0 radical (unpaired) electrons. The Morgan fingerprint density at radius 1 is 1.28 bits per heavy atom. The van der Waals surface area contributed by atoms with Gasteiger partial charge in [0.25, 0.3) is 0 Å². The van der Waals surface area contributed by atoms with Crippen LogP contribution in [0.1, 0.15) is 39.7 Å². The van der Waals surface area contributed by atoms with Crippen LogP contribution in [0.4, 0.5) is 5.69 Å². The lowest BCUT2D eigenvalue weighted by molar-refractivity contribution is -0.114. The van der Waals surface area contributed by atoms with Crippen LogP contribution in [0.3, 0.4) is 0 Å². The van der Waals surface area contributed by atoms with E-state index in [9.17, 15) is 4.79 Å². The molecule has 140 valence electrons. The van der Waals surface area contributed by atoms with Crippen molar-refractivity contribution in [3.05, 3.63) is 29.8 Å². The van der Waals surface area contributed by atoms with E-state index in [0.717, 1.165) is 36.8 Å². The molecule has 5 nitrogen and oxygen atoms in total. The summed E-state index contributed by atoms with van der Waals surface area (Å²) in [6.45, 7) is 11.8. The molecule has 1 aromatic carbocycles. The minimum atomic E-state index is -0.0553. The molecule has 0 aliphatic carbocycles. The van der Waals surface area contributed by atoms with Crippen LogP contribution in [0.5, 0.6) is 0 Å². The summed E-state index contributed by atoms with van der Waals surface area (Å²) >= 11 is 0. The first-order chi connectivity index (χ1) is 11.5. The molecule has 0 saturated carbocycles. The molecule has 1 fully saturated rings. The molecule has 2 unspecified atom stereocenters. The highest BCUT2D eigenvalue weighted by molar-refractivity contribution is 14.0. The Morgan fingerprint density at radius 2 is 1.96 bits per heavy atom. The quantitative estimate of drug-likeness (QED) is 0.411. The molecule has 1 amide bonds. The van der Waals surface area contributed by atoms with Crippen LogP contribution in [-0.2, 0) is 11.3 Å². The Bertz CT molecular complexity index is 581. The number of amides is 1. The lowest BCUT2D eigenvalue weighted by atomic mass is 9.92. The normalized spacial score (nSPS) is 20.6. The van der Waals surface area contributed by atoms with Gasteiger partial charge in [-0.3, -0.25) is 4.79 Å². The van der Waals surface area contributed by atoms with Crippen molar-refractivity contribution in [1.82, 2.24) is 10.2 Å². The molecular formula is C19H31IN4O. The highest BCUT2D eigenvalue weighted by Crippen LogP contribution is 2.21. The van der Waals surface area contributed by atoms with Crippen molar-refractivity contribution in [3.63, 3.8) is 0 Å². The molecule has 25 heavy (non-hydrogen) atoms. The minimum Gasteiger partial charge on any atom is -0.357 e. The standard InChI is InChI=1S/C19H30N4O.HI/c1-5-20-19(23-12-14(2)9-15(3)13-23)21-11-17-7-6-8-18(10-17)22-16(4)24;/h6-8,10,14-15H,5,9,11-13H2,1-4H3,(H,20,21)(H,22,24);1H. The van der Waals surface area contributed by atoms with E-state index in [0.29, 0.717) is 18.4 Å². The second-order valence-corrected chi connectivity index (χ2v) is 6.90. The third-order valence-electron chi connectivity index (χ3n) is 4.16. The van der Waals surface area contributed by atoms with Crippen LogP contribution in [0.25, 0.3) is 0 Å². The number of aliphatic imine (C=N–C) groups is 1. The van der Waals surface area contributed by atoms with Gasteiger partial charge in [-0.2, -0.15) is 0 Å². The van der Waals surface area contributed by atoms with E-state index in [1.807, 2.05) is 24.3 Å². The van der Waals surface area contributed by atoms with Crippen molar-refractivity contribution in [2.45, 2.75) is 40.7 Å². The number of halogens is 1. The Kier molecular flexibility index (Phi) is 9.24. The van der Waals surface area contributed by atoms with Crippen molar-refractivity contribution < 1.29 is 4.79 Å². The molecule has 2 rings (SSSR count). The zero-order valence-electron chi connectivity index (χ0n) is 15.7. The Morgan fingerprint density at radius 3 is 2.56 bits per heavy atom. The van der Waals surface area contributed by atoms with E-state index in [2.05, 4.69) is 36.3 Å². The number of nitrogens with zero attached hydrogens (tertiary/aromatic N) is 2. The van der Waals surface area contributed by atoms with Gasteiger partial charge in [0.2, 0.25) is 5.91 Å². The van der Waals surface area contributed by atoms with Gasteiger partial charge in [-0.1, -0.05) is 26.0 Å². The number of carbonyl (C=O) groups is 1. The third kappa shape index (κ3) is 7.22. The number of nitrogens with one attached hydrogen (secondary N) is 2. The fraction of sp³-hybridized carbons (Fsp3) is 0.579. The lowest BCUT2D eigenvalue weighted by Crippen LogP contribution is -2.48. The van der Waals surface area contributed by atoms with E-state index in [1.165, 1.54) is 13.3 Å². The smallest absolute Gasteiger partial charge is 0.221 e. The van der Waals surface area contributed by atoms with Crippen LogP contribution in [0.15, 0.2) is 29.3 Å². The van der Waals surface area contributed by atoms with Gasteiger partial charge in [0.15, 0.2) is 5.96 Å². The second kappa shape index (κ2) is 10.6. The molecule has 0 bridgehead atoms. The Balaban J connectivity index is 0.00000312. The first-order valence-corrected chi connectivity index (χ1v) is 8.87. The summed E-state index contributed by atoms with van der Waals surface area (Å²) in [5.41, 5.74) is 1.91. The number of hydrogen-bond donors (Lipinski definition) is 2. The van der Waals surface area contributed by atoms with Crippen molar-refractivity contribution >= 4 is 41.5 Å². The fourth-order valence-corrected chi connectivity index (χ4v) is 3.38. The van der Waals surface area contributed by atoms with Crippen LogP contribution in [0.2, 0.25) is 0 Å². The Hall–Kier alpha value is -1.31. The molecule has 2 N–H and O–H groups in total. The number of benzene rings is 1. The number of piperidine rings is 1. The summed E-state index contributed by atoms with van der Waals surface area (Å²) in [5, 5.41) is 6.24. The van der Waals surface area contributed by atoms with E-state index in [4.69, 9.17) is 4.99 Å². The molecule has 1 aliphatic rings. The van der Waals surface area contributed by atoms with E-state index < -0.39 is 0 Å². The van der Waals surface area contributed by atoms with Gasteiger partial charge in [0.1, 0.15) is 0 Å². The highest BCUT2D eigenvalue weighted by atomic mass is 127. The van der Waals surface area contributed by atoms with Crippen LogP contribution in [-0.4, -0.2) is 36.4 Å². The largest absolute Gasteiger partial charge is 0.357 e. The summed E-state index contributed by atoms with van der Waals surface area (Å²) in [6, 6.07) is 7.87. The molecule has 1 aliphatic heterocycles. The van der Waals surface area contributed by atoms with Crippen LogP contribution < -0.4 is 10.6 Å². The molecule has 1 heterocycles. The Labute approximate surface area is 168 Å². The summed E-state index contributed by atoms with van der Waals surface area (Å²) in [7, 11) is 0. The van der Waals surface area contributed by atoms with E-state index in [-0.39, 0.29) is 29.9 Å². The number of carbonyl (C=O) groups excluding carboxylic acids is 1. The number of anilines is 1. The first-order valence-electron chi connectivity index (χ1n) is 8.87. The first kappa shape index (κ1) is 21.7. The van der Waals surface area contributed by atoms with Gasteiger partial charge < -0.3 is 15.5 Å². The SMILES string of the molecule is CCNC(=NCc1cccc(NC(C)=O)c1)N1CC(C)CC(C)C1.I. The summed E-state index contributed by atoms with van der Waals surface area (Å²) in [5.74, 6) is 2.32. The lowest BCUT2D eigenvalue weighted by Gasteiger charge is -2.37. The van der Waals surface area contributed by atoms with Gasteiger partial charge in [-0.15, -0.1) is 24.0 Å². The van der Waals surface area contributed by atoms with Gasteiger partial charge in [0, 0.05) is 32.2 Å². The topological polar surface area (TPSA) is 56.7 Å². The minimum absolute atomic E-state index is 0. The molecule has 2 atom stereocenters. The maximum atomic E-state index is 11.2. The zero-order valence-corrected chi connectivity index (χ0v) is 18.0. The second-order valence-electron chi connectivity index (χ2n) is 6.90. The molecule has 0 aromatic heterocycles. The highest BCUT2D eigenvalue weighted by Gasteiger charge is 2.23. The monoisotopic (exact) mass is 458 g/mol. The summed E-state index contributed by atoms with van der Waals surface area (Å²) < 4.78 is 0. The fourth-order valence-electron chi connectivity index (χ4n) is 3.38. The predicted octanol–water partition coefficient (Wildman–Crippen LogP) is 3.71. The number of guanidine groups is 1. The van der Waals surface area contributed by atoms with Crippen LogP contribution >= 0.6 is 24.0 Å². The van der Waals surface area contributed by atoms with Gasteiger partial charge in [-0.05, 0) is 42.9 Å². The molecule has 1 aromatic rings. The van der Waals surface area contributed by atoms with Gasteiger partial charge in [0.05, 0.1) is 6.54 Å². The average Bonchev–Trinajstić information content (AvgIpc) is 2.50. The molecule has 1 saturated heterocycles. The van der Waals surface area contributed by atoms with E-state index in [1.54, 1.807) is 0 Å². The average molecular weight is 458 g/mol. The maximum absolute atomic E-state index is 11.2. The predicted molar refractivity (Wildman–Crippen MR) is 115 cm³/mol. The molecule has 6 heteroatoms. The molecular weight excluding hydrogens is 427 g/mol. The van der Waals surface area contributed by atoms with Crippen molar-refractivity contribution in [2.24, 2.45) is 16.8 Å². The van der Waals surface area contributed by atoms with Gasteiger partial charge in [-0.25, -0.2) is 4.99 Å². The number of likely N-dealkylation sites (tertiary alicyclic amines) is 1. The van der Waals surface area contributed by atoms with E-state index >= 15 is 0 Å². The molecule has 0 spiro atoms. The van der Waals surface area contributed by atoms with Crippen molar-refractivity contribution in [2.75, 3.05) is 25.0 Å². The van der Waals surface area contributed by atoms with Crippen molar-refractivity contribution in [3.8, 4) is 0 Å². The van der Waals surface area contributed by atoms with Crippen LogP contribution in [0, 0.1) is 11.8 Å².